The minimum atomic E-state index is -0.327. The van der Waals surface area contributed by atoms with Crippen LogP contribution in [-0.2, 0) is 7.05 Å². The van der Waals surface area contributed by atoms with Gasteiger partial charge in [0.15, 0.2) is 11.0 Å². The molecule has 9 heteroatoms. The first-order valence-electron chi connectivity index (χ1n) is 8.42. The van der Waals surface area contributed by atoms with Crippen molar-refractivity contribution in [1.82, 2.24) is 25.0 Å². The molecule has 0 aliphatic heterocycles. The van der Waals surface area contributed by atoms with Crippen molar-refractivity contribution in [3.63, 3.8) is 0 Å². The van der Waals surface area contributed by atoms with Crippen molar-refractivity contribution in [2.45, 2.75) is 17.3 Å². The summed E-state index contributed by atoms with van der Waals surface area (Å²) in [6.07, 6.45) is 0. The lowest BCUT2D eigenvalue weighted by Crippen LogP contribution is -1.97. The minimum absolute atomic E-state index is 0.175. The number of aromatic nitrogens is 5. The average molecular weight is 399 g/mol. The second kappa shape index (κ2) is 7.51. The van der Waals surface area contributed by atoms with E-state index in [0.717, 1.165) is 5.56 Å². The molecule has 4 rings (SSSR count). The van der Waals surface area contributed by atoms with Crippen LogP contribution in [0.25, 0.3) is 22.8 Å². The SMILES string of the molecule is C[C@H](Sc1nnc(-c2ccc(F)cc2)n1C)c1nnc(-c2ccc(F)cc2)o1. The Bertz CT molecular complexity index is 1090. The van der Waals surface area contributed by atoms with Gasteiger partial charge in [0, 0.05) is 18.2 Å². The Morgan fingerprint density at radius 1 is 0.857 bits per heavy atom. The van der Waals surface area contributed by atoms with Gasteiger partial charge in [-0.25, -0.2) is 8.78 Å². The fourth-order valence-electron chi connectivity index (χ4n) is 2.58. The van der Waals surface area contributed by atoms with E-state index in [-0.39, 0.29) is 16.9 Å². The van der Waals surface area contributed by atoms with Crippen LogP contribution in [0.15, 0.2) is 58.1 Å². The van der Waals surface area contributed by atoms with Gasteiger partial charge in [-0.15, -0.1) is 20.4 Å². The maximum Gasteiger partial charge on any atom is 0.247 e. The van der Waals surface area contributed by atoms with E-state index >= 15 is 0 Å². The number of nitrogens with zero attached hydrogens (tertiary/aromatic N) is 5. The van der Waals surface area contributed by atoms with E-state index in [1.807, 2.05) is 18.5 Å². The first-order chi connectivity index (χ1) is 13.5. The van der Waals surface area contributed by atoms with Gasteiger partial charge in [0.25, 0.3) is 0 Å². The number of thioether (sulfide) groups is 1. The van der Waals surface area contributed by atoms with Crippen molar-refractivity contribution < 1.29 is 13.2 Å². The van der Waals surface area contributed by atoms with Crippen LogP contribution in [0.4, 0.5) is 8.78 Å². The molecule has 0 amide bonds. The van der Waals surface area contributed by atoms with E-state index in [1.165, 1.54) is 36.0 Å². The summed E-state index contributed by atoms with van der Waals surface area (Å²) < 4.78 is 33.7. The van der Waals surface area contributed by atoms with Crippen LogP contribution in [0.2, 0.25) is 0 Å². The maximum absolute atomic E-state index is 13.1. The molecular weight excluding hydrogens is 384 g/mol. The lowest BCUT2D eigenvalue weighted by molar-refractivity contribution is 0.508. The van der Waals surface area contributed by atoms with Crippen LogP contribution in [0.3, 0.4) is 0 Å². The third kappa shape index (κ3) is 3.65. The molecule has 0 spiro atoms. The molecule has 2 heterocycles. The molecule has 2 aromatic carbocycles. The predicted octanol–water partition coefficient (Wildman–Crippen LogP) is 4.66. The summed E-state index contributed by atoms with van der Waals surface area (Å²) in [6.45, 7) is 1.92. The van der Waals surface area contributed by atoms with Gasteiger partial charge in [-0.2, -0.15) is 0 Å². The van der Waals surface area contributed by atoms with Crippen molar-refractivity contribution in [3.05, 3.63) is 66.1 Å². The highest BCUT2D eigenvalue weighted by molar-refractivity contribution is 7.99. The molecule has 0 aliphatic rings. The summed E-state index contributed by atoms with van der Waals surface area (Å²) in [4.78, 5) is 0. The molecule has 0 bridgehead atoms. The quantitative estimate of drug-likeness (QED) is 0.455. The largest absolute Gasteiger partial charge is 0.419 e. The predicted molar refractivity (Wildman–Crippen MR) is 100 cm³/mol. The van der Waals surface area contributed by atoms with Crippen LogP contribution in [0, 0.1) is 11.6 Å². The molecular formula is C19H15F2N5OS. The monoisotopic (exact) mass is 399 g/mol. The summed E-state index contributed by atoms with van der Waals surface area (Å²) in [7, 11) is 1.84. The average Bonchev–Trinajstić information content (AvgIpc) is 3.31. The van der Waals surface area contributed by atoms with Crippen molar-refractivity contribution >= 4 is 11.8 Å². The first kappa shape index (κ1) is 18.3. The van der Waals surface area contributed by atoms with Crippen LogP contribution in [0.5, 0.6) is 0 Å². The van der Waals surface area contributed by atoms with Crippen LogP contribution >= 0.6 is 11.8 Å². The molecule has 0 radical (unpaired) electrons. The van der Waals surface area contributed by atoms with E-state index in [0.29, 0.717) is 28.3 Å². The zero-order valence-electron chi connectivity index (χ0n) is 15.0. The number of hydrogen-bond acceptors (Lipinski definition) is 6. The van der Waals surface area contributed by atoms with Gasteiger partial charge in [0.2, 0.25) is 11.8 Å². The van der Waals surface area contributed by atoms with Gasteiger partial charge >= 0.3 is 0 Å². The zero-order valence-corrected chi connectivity index (χ0v) is 15.8. The fourth-order valence-corrected chi connectivity index (χ4v) is 3.43. The van der Waals surface area contributed by atoms with Gasteiger partial charge in [-0.05, 0) is 55.5 Å². The van der Waals surface area contributed by atoms with Crippen LogP contribution in [-0.4, -0.2) is 25.0 Å². The van der Waals surface area contributed by atoms with Gasteiger partial charge in [-0.1, -0.05) is 11.8 Å². The van der Waals surface area contributed by atoms with E-state index in [9.17, 15) is 8.78 Å². The molecule has 4 aromatic rings. The second-order valence-corrected chi connectivity index (χ2v) is 7.39. The highest BCUT2D eigenvalue weighted by atomic mass is 32.2. The number of benzene rings is 2. The van der Waals surface area contributed by atoms with E-state index < -0.39 is 0 Å². The fraction of sp³-hybridized carbons (Fsp3) is 0.158. The Kier molecular flexibility index (Phi) is 4.91. The molecule has 1 atom stereocenters. The number of halogens is 2. The summed E-state index contributed by atoms with van der Waals surface area (Å²) in [5.74, 6) is 0.754. The molecule has 0 unspecified atom stereocenters. The standard InChI is InChI=1S/C19H15F2N5OS/c1-11(17-23-24-18(27-17)13-5-9-15(21)10-6-13)28-19-25-22-16(26(19)2)12-3-7-14(20)8-4-12/h3-11H,1-2H3/t11-/m0/s1. The maximum atomic E-state index is 13.1. The van der Waals surface area contributed by atoms with Crippen molar-refractivity contribution in [2.75, 3.05) is 0 Å². The summed E-state index contributed by atoms with van der Waals surface area (Å²) in [6, 6.07) is 11.9. The van der Waals surface area contributed by atoms with Gasteiger partial charge < -0.3 is 8.98 Å². The van der Waals surface area contributed by atoms with Gasteiger partial charge in [-0.3, -0.25) is 0 Å². The molecule has 0 N–H and O–H groups in total. The van der Waals surface area contributed by atoms with Crippen LogP contribution < -0.4 is 0 Å². The molecule has 0 saturated heterocycles. The third-order valence-corrected chi connectivity index (χ3v) is 5.22. The summed E-state index contributed by atoms with van der Waals surface area (Å²) >= 11 is 1.41. The summed E-state index contributed by atoms with van der Waals surface area (Å²) in [5.41, 5.74) is 1.42. The highest BCUT2D eigenvalue weighted by Crippen LogP contribution is 2.35. The normalized spacial score (nSPS) is 12.3. The van der Waals surface area contributed by atoms with E-state index in [2.05, 4.69) is 20.4 Å². The Labute approximate surface area is 163 Å². The van der Waals surface area contributed by atoms with Gasteiger partial charge in [0.1, 0.15) is 11.6 Å². The second-order valence-electron chi connectivity index (χ2n) is 6.08. The summed E-state index contributed by atoms with van der Waals surface area (Å²) in [5, 5.41) is 17.0. The molecule has 0 saturated carbocycles. The topological polar surface area (TPSA) is 69.6 Å². The smallest absolute Gasteiger partial charge is 0.247 e. The molecule has 28 heavy (non-hydrogen) atoms. The van der Waals surface area contributed by atoms with Crippen molar-refractivity contribution in [1.29, 1.82) is 0 Å². The number of rotatable bonds is 5. The van der Waals surface area contributed by atoms with Crippen molar-refractivity contribution in [2.24, 2.45) is 7.05 Å². The Morgan fingerprint density at radius 3 is 2.11 bits per heavy atom. The van der Waals surface area contributed by atoms with Crippen LogP contribution in [0.1, 0.15) is 18.1 Å². The third-order valence-electron chi connectivity index (χ3n) is 4.10. The van der Waals surface area contributed by atoms with Gasteiger partial charge in [0.05, 0.1) is 5.25 Å². The van der Waals surface area contributed by atoms with E-state index in [1.54, 1.807) is 24.3 Å². The highest BCUT2D eigenvalue weighted by Gasteiger charge is 2.20. The molecule has 6 nitrogen and oxygen atoms in total. The molecule has 142 valence electrons. The lowest BCUT2D eigenvalue weighted by atomic mass is 10.2. The molecule has 0 fully saturated rings. The minimum Gasteiger partial charge on any atom is -0.419 e. The number of hydrogen-bond donors (Lipinski definition) is 0. The molecule has 0 aliphatic carbocycles. The Hall–Kier alpha value is -3.07. The Morgan fingerprint density at radius 2 is 1.46 bits per heavy atom. The first-order valence-corrected chi connectivity index (χ1v) is 9.30. The Balaban J connectivity index is 1.52. The van der Waals surface area contributed by atoms with Crippen molar-refractivity contribution in [3.8, 4) is 22.8 Å². The van der Waals surface area contributed by atoms with E-state index in [4.69, 9.17) is 4.42 Å². The lowest BCUT2D eigenvalue weighted by Gasteiger charge is -2.07. The molecule has 2 aromatic heterocycles. The zero-order chi connectivity index (χ0) is 19.7.